The molecule has 0 spiro atoms. The molecule has 0 aliphatic heterocycles. The molecule has 1 aromatic rings. The fraction of sp³-hybridized carbons (Fsp3) is 0.667. The van der Waals surface area contributed by atoms with Gasteiger partial charge in [0.1, 0.15) is 12.1 Å². The molecule has 0 aromatic carbocycles. The minimum atomic E-state index is -0.160. The average molecular weight is 240 g/mol. The third-order valence-electron chi connectivity index (χ3n) is 3.31. The summed E-state index contributed by atoms with van der Waals surface area (Å²) < 4.78 is 0. The lowest BCUT2D eigenvalue weighted by atomic mass is 10.0. The van der Waals surface area contributed by atoms with Crippen molar-refractivity contribution >= 4 is 17.4 Å². The molecular weight excluding hydrogens is 222 g/mol. The van der Waals surface area contributed by atoms with Gasteiger partial charge in [-0.2, -0.15) is 0 Å². The Hall–Kier alpha value is -0.830. The zero-order chi connectivity index (χ0) is 11.8. The van der Waals surface area contributed by atoms with Gasteiger partial charge in [0.2, 0.25) is 0 Å². The van der Waals surface area contributed by atoms with Crippen LogP contribution in [0.5, 0.6) is 0 Å². The molecule has 1 heterocycles. The number of aromatic nitrogens is 2. The van der Waals surface area contributed by atoms with Gasteiger partial charge in [0, 0.05) is 16.8 Å². The predicted octanol–water partition coefficient (Wildman–Crippen LogP) is 2.78. The highest BCUT2D eigenvalue weighted by molar-refractivity contribution is 6.21. The number of aryl methyl sites for hydroxylation is 1. The number of nitrogens with one attached hydrogen (secondary N) is 1. The van der Waals surface area contributed by atoms with E-state index >= 15 is 0 Å². The van der Waals surface area contributed by atoms with Crippen molar-refractivity contribution in [2.45, 2.75) is 50.9 Å². The molecular formula is C12H18ClN3. The molecule has 1 unspecified atom stereocenters. The Morgan fingerprint density at radius 3 is 2.81 bits per heavy atom. The zero-order valence-corrected chi connectivity index (χ0v) is 10.8. The van der Waals surface area contributed by atoms with Gasteiger partial charge in [-0.15, -0.1) is 11.6 Å². The first-order valence-corrected chi connectivity index (χ1v) is 6.19. The van der Waals surface area contributed by atoms with Crippen LogP contribution in [0, 0.1) is 0 Å². The molecule has 0 fully saturated rings. The summed E-state index contributed by atoms with van der Waals surface area (Å²) in [6, 6.07) is 0. The molecule has 2 rings (SSSR count). The molecule has 0 saturated carbocycles. The number of hydrogen-bond donors (Lipinski definition) is 1. The Labute approximate surface area is 102 Å². The summed E-state index contributed by atoms with van der Waals surface area (Å²) in [5, 5.41) is 3.48. The fourth-order valence-electron chi connectivity index (χ4n) is 1.87. The molecule has 1 aliphatic carbocycles. The van der Waals surface area contributed by atoms with Gasteiger partial charge in [0.05, 0.1) is 5.38 Å². The van der Waals surface area contributed by atoms with E-state index in [0.717, 1.165) is 18.7 Å². The quantitative estimate of drug-likeness (QED) is 0.825. The number of hydrogen-bond acceptors (Lipinski definition) is 3. The maximum Gasteiger partial charge on any atom is 0.133 e. The lowest BCUT2D eigenvalue weighted by molar-refractivity contribution is 0.551. The van der Waals surface area contributed by atoms with Gasteiger partial charge in [0.25, 0.3) is 0 Å². The highest BCUT2D eigenvalue weighted by Gasteiger charge is 2.27. The predicted molar refractivity (Wildman–Crippen MR) is 67.1 cm³/mol. The second kappa shape index (κ2) is 4.21. The smallest absolute Gasteiger partial charge is 0.133 e. The van der Waals surface area contributed by atoms with E-state index in [1.165, 1.54) is 17.7 Å². The van der Waals surface area contributed by atoms with Crippen LogP contribution in [0.1, 0.15) is 38.4 Å². The third-order valence-corrected chi connectivity index (χ3v) is 3.86. The highest BCUT2D eigenvalue weighted by atomic mass is 35.5. The maximum absolute atomic E-state index is 6.16. The van der Waals surface area contributed by atoms with Crippen molar-refractivity contribution in [1.29, 1.82) is 0 Å². The summed E-state index contributed by atoms with van der Waals surface area (Å²) in [6.45, 7) is 6.18. The number of fused-ring (bicyclic) bond motifs is 1. The molecule has 0 bridgehead atoms. The summed E-state index contributed by atoms with van der Waals surface area (Å²) in [5.74, 6) is 0.958. The van der Waals surface area contributed by atoms with Crippen LogP contribution in [-0.4, -0.2) is 20.9 Å². The number of halogens is 1. The third kappa shape index (κ3) is 2.14. The lowest BCUT2D eigenvalue weighted by Gasteiger charge is -2.30. The van der Waals surface area contributed by atoms with Gasteiger partial charge >= 0.3 is 0 Å². The van der Waals surface area contributed by atoms with Gasteiger partial charge < -0.3 is 5.32 Å². The zero-order valence-electron chi connectivity index (χ0n) is 10.0. The molecule has 4 heteroatoms. The number of anilines is 1. The van der Waals surface area contributed by atoms with Crippen molar-refractivity contribution in [3.63, 3.8) is 0 Å². The van der Waals surface area contributed by atoms with Crippen LogP contribution < -0.4 is 5.32 Å². The van der Waals surface area contributed by atoms with Crippen LogP contribution in [0.3, 0.4) is 0 Å². The molecule has 16 heavy (non-hydrogen) atoms. The van der Waals surface area contributed by atoms with Gasteiger partial charge in [-0.3, -0.25) is 0 Å². The summed E-state index contributed by atoms with van der Waals surface area (Å²) >= 11 is 6.16. The summed E-state index contributed by atoms with van der Waals surface area (Å²) in [4.78, 5) is 8.65. The maximum atomic E-state index is 6.16. The molecule has 1 N–H and O–H groups in total. The second-order valence-corrected chi connectivity index (χ2v) is 5.62. The van der Waals surface area contributed by atoms with E-state index in [9.17, 15) is 0 Å². The van der Waals surface area contributed by atoms with Crippen molar-refractivity contribution in [3.05, 3.63) is 17.6 Å². The van der Waals surface area contributed by atoms with E-state index in [2.05, 4.69) is 29.1 Å². The standard InChI is InChI=1S/C12H18ClN3/c1-8(13)12(2,3)16-11-9-5-4-6-10(9)14-7-15-11/h7-8H,4-6H2,1-3H3,(H,14,15,16). The van der Waals surface area contributed by atoms with Crippen molar-refractivity contribution < 1.29 is 0 Å². The van der Waals surface area contributed by atoms with Gasteiger partial charge in [-0.05, 0) is 40.0 Å². The molecule has 0 amide bonds. The number of rotatable bonds is 3. The molecule has 3 nitrogen and oxygen atoms in total. The van der Waals surface area contributed by atoms with Crippen molar-refractivity contribution in [3.8, 4) is 0 Å². The monoisotopic (exact) mass is 239 g/mol. The molecule has 1 aromatic heterocycles. The van der Waals surface area contributed by atoms with E-state index in [4.69, 9.17) is 11.6 Å². The van der Waals surface area contributed by atoms with E-state index in [-0.39, 0.29) is 10.9 Å². The Kier molecular flexibility index (Phi) is 3.06. The van der Waals surface area contributed by atoms with E-state index < -0.39 is 0 Å². The first-order chi connectivity index (χ1) is 7.50. The van der Waals surface area contributed by atoms with Crippen LogP contribution in [0.25, 0.3) is 0 Å². The highest BCUT2D eigenvalue weighted by Crippen LogP contribution is 2.28. The van der Waals surface area contributed by atoms with E-state index in [1.54, 1.807) is 6.33 Å². The van der Waals surface area contributed by atoms with Crippen LogP contribution in [0.15, 0.2) is 6.33 Å². The van der Waals surface area contributed by atoms with Crippen LogP contribution in [0.2, 0.25) is 0 Å². The average Bonchev–Trinajstić information content (AvgIpc) is 2.65. The van der Waals surface area contributed by atoms with Crippen LogP contribution in [0.4, 0.5) is 5.82 Å². The van der Waals surface area contributed by atoms with Crippen molar-refractivity contribution in [1.82, 2.24) is 9.97 Å². The van der Waals surface area contributed by atoms with Crippen LogP contribution in [-0.2, 0) is 12.8 Å². The normalized spacial score (nSPS) is 17.0. The Balaban J connectivity index is 2.26. The largest absolute Gasteiger partial charge is 0.363 e. The number of alkyl halides is 1. The number of nitrogens with zero attached hydrogens (tertiary/aromatic N) is 2. The fourth-order valence-corrected chi connectivity index (χ4v) is 1.93. The molecule has 88 valence electrons. The Morgan fingerprint density at radius 1 is 1.38 bits per heavy atom. The molecule has 0 radical (unpaired) electrons. The van der Waals surface area contributed by atoms with E-state index in [1.807, 2.05) is 6.92 Å². The van der Waals surface area contributed by atoms with Gasteiger partial charge in [0.15, 0.2) is 0 Å². The SMILES string of the molecule is CC(Cl)C(C)(C)Nc1ncnc2c1CCC2. The first kappa shape index (κ1) is 11.6. The summed E-state index contributed by atoms with van der Waals surface area (Å²) in [7, 11) is 0. The topological polar surface area (TPSA) is 37.8 Å². The van der Waals surface area contributed by atoms with Gasteiger partial charge in [-0.1, -0.05) is 0 Å². The molecule has 1 atom stereocenters. The minimum absolute atomic E-state index is 0.0412. The first-order valence-electron chi connectivity index (χ1n) is 5.75. The van der Waals surface area contributed by atoms with Gasteiger partial charge in [-0.25, -0.2) is 9.97 Å². The summed E-state index contributed by atoms with van der Waals surface area (Å²) in [5.41, 5.74) is 2.30. The molecule has 1 aliphatic rings. The van der Waals surface area contributed by atoms with Crippen LogP contribution >= 0.6 is 11.6 Å². The Morgan fingerprint density at radius 2 is 2.12 bits per heavy atom. The summed E-state index contributed by atoms with van der Waals surface area (Å²) in [6.07, 6.45) is 4.97. The van der Waals surface area contributed by atoms with Crippen molar-refractivity contribution in [2.24, 2.45) is 0 Å². The van der Waals surface area contributed by atoms with E-state index in [0.29, 0.717) is 0 Å². The van der Waals surface area contributed by atoms with Crippen molar-refractivity contribution in [2.75, 3.05) is 5.32 Å². The minimum Gasteiger partial charge on any atom is -0.363 e. The lowest BCUT2D eigenvalue weighted by Crippen LogP contribution is -2.39. The second-order valence-electron chi connectivity index (χ2n) is 4.96. The Bertz CT molecular complexity index is 388. The molecule has 0 saturated heterocycles.